The summed E-state index contributed by atoms with van der Waals surface area (Å²) < 4.78 is 21.2. The maximum absolute atomic E-state index is 12.0. The van der Waals surface area contributed by atoms with Gasteiger partial charge in [0.25, 0.3) is 0 Å². The topological polar surface area (TPSA) is 69.8 Å². The zero-order valence-electron chi connectivity index (χ0n) is 14.3. The van der Waals surface area contributed by atoms with Crippen LogP contribution in [0.1, 0.15) is 23.1 Å². The van der Waals surface area contributed by atoms with E-state index >= 15 is 0 Å². The minimum absolute atomic E-state index is 0.211. The van der Waals surface area contributed by atoms with E-state index in [0.29, 0.717) is 34.1 Å². The van der Waals surface area contributed by atoms with E-state index in [-0.39, 0.29) is 17.3 Å². The highest BCUT2D eigenvalue weighted by atomic mass is 35.5. The molecule has 0 aliphatic carbocycles. The molecule has 1 aromatic heterocycles. The van der Waals surface area contributed by atoms with Gasteiger partial charge >= 0.3 is 5.97 Å². The highest BCUT2D eigenvalue weighted by Crippen LogP contribution is 2.47. The number of ether oxygens (including phenoxy) is 4. The molecule has 130 valence electrons. The molecule has 1 aromatic carbocycles. The molecule has 0 spiro atoms. The Labute approximate surface area is 145 Å². The number of hydrogen-bond acceptors (Lipinski definition) is 5. The van der Waals surface area contributed by atoms with E-state index in [0.717, 1.165) is 0 Å². The number of benzene rings is 1. The summed E-state index contributed by atoms with van der Waals surface area (Å²) in [5.41, 5.74) is 2.26. The Morgan fingerprint density at radius 2 is 1.79 bits per heavy atom. The van der Waals surface area contributed by atoms with Crippen molar-refractivity contribution in [3.8, 4) is 28.4 Å². The Balaban J connectivity index is 2.67. The van der Waals surface area contributed by atoms with Gasteiger partial charge in [-0.05, 0) is 26.0 Å². The van der Waals surface area contributed by atoms with Crippen molar-refractivity contribution in [2.45, 2.75) is 13.8 Å². The Hall–Kier alpha value is -2.34. The molecule has 6 nitrogen and oxygen atoms in total. The van der Waals surface area contributed by atoms with Crippen LogP contribution in [0.2, 0.25) is 5.02 Å². The first-order chi connectivity index (χ1) is 11.5. The molecular formula is C17H20ClNO5. The number of aryl methyl sites for hydroxylation is 1. The highest BCUT2D eigenvalue weighted by molar-refractivity contribution is 6.36. The van der Waals surface area contributed by atoms with Gasteiger partial charge in [-0.25, -0.2) is 4.79 Å². The van der Waals surface area contributed by atoms with Crippen LogP contribution in [0.5, 0.6) is 17.2 Å². The first kappa shape index (κ1) is 18.0. The summed E-state index contributed by atoms with van der Waals surface area (Å²) in [5.74, 6) is 0.951. The van der Waals surface area contributed by atoms with Crippen molar-refractivity contribution in [3.63, 3.8) is 0 Å². The molecule has 7 heteroatoms. The zero-order valence-corrected chi connectivity index (χ0v) is 15.0. The average molecular weight is 354 g/mol. The molecule has 2 aromatic rings. The summed E-state index contributed by atoms with van der Waals surface area (Å²) in [6.07, 6.45) is 0. The molecular weight excluding hydrogens is 334 g/mol. The number of rotatable bonds is 6. The minimum Gasteiger partial charge on any atom is -0.493 e. The van der Waals surface area contributed by atoms with Gasteiger partial charge in [0, 0.05) is 16.8 Å². The Kier molecular flexibility index (Phi) is 5.62. The molecule has 0 unspecified atom stereocenters. The number of aromatic nitrogens is 1. The lowest BCUT2D eigenvalue weighted by Gasteiger charge is -2.16. The number of methoxy groups -OCH3 is 3. The molecule has 1 heterocycles. The van der Waals surface area contributed by atoms with E-state index in [4.69, 9.17) is 30.5 Å². The normalized spacial score (nSPS) is 10.4. The van der Waals surface area contributed by atoms with Crippen LogP contribution >= 0.6 is 11.6 Å². The fourth-order valence-electron chi connectivity index (χ4n) is 2.56. The predicted molar refractivity (Wildman–Crippen MR) is 91.6 cm³/mol. The third-order valence-electron chi connectivity index (χ3n) is 3.58. The van der Waals surface area contributed by atoms with Gasteiger partial charge in [-0.15, -0.1) is 0 Å². The number of hydrogen-bond donors (Lipinski definition) is 1. The van der Waals surface area contributed by atoms with Crippen molar-refractivity contribution in [2.24, 2.45) is 0 Å². The third-order valence-corrected chi connectivity index (χ3v) is 3.96. The van der Waals surface area contributed by atoms with Crippen LogP contribution in [0.4, 0.5) is 0 Å². The second-order valence-electron chi connectivity index (χ2n) is 4.92. The van der Waals surface area contributed by atoms with Crippen LogP contribution in [-0.2, 0) is 4.74 Å². The van der Waals surface area contributed by atoms with Crippen molar-refractivity contribution >= 4 is 17.6 Å². The lowest BCUT2D eigenvalue weighted by Crippen LogP contribution is -2.05. The zero-order chi connectivity index (χ0) is 17.9. The van der Waals surface area contributed by atoms with E-state index in [1.165, 1.54) is 14.2 Å². The molecule has 0 radical (unpaired) electrons. The molecule has 0 aliphatic rings. The van der Waals surface area contributed by atoms with Gasteiger partial charge in [0.2, 0.25) is 5.75 Å². The van der Waals surface area contributed by atoms with Gasteiger partial charge in [-0.3, -0.25) is 0 Å². The largest absolute Gasteiger partial charge is 0.493 e. The van der Waals surface area contributed by atoms with E-state index in [9.17, 15) is 4.79 Å². The van der Waals surface area contributed by atoms with Crippen molar-refractivity contribution in [2.75, 3.05) is 27.9 Å². The maximum atomic E-state index is 12.0. The summed E-state index contributed by atoms with van der Waals surface area (Å²) >= 11 is 6.43. The number of aromatic amines is 1. The van der Waals surface area contributed by atoms with Gasteiger partial charge in [-0.1, -0.05) is 11.6 Å². The van der Waals surface area contributed by atoms with Crippen molar-refractivity contribution in [1.29, 1.82) is 0 Å². The summed E-state index contributed by atoms with van der Waals surface area (Å²) in [6, 6.07) is 3.56. The summed E-state index contributed by atoms with van der Waals surface area (Å²) in [6.45, 7) is 3.82. The fraction of sp³-hybridized carbons (Fsp3) is 0.353. The van der Waals surface area contributed by atoms with Crippen molar-refractivity contribution < 1.29 is 23.7 Å². The summed E-state index contributed by atoms with van der Waals surface area (Å²) in [7, 11) is 4.60. The first-order valence-corrected chi connectivity index (χ1v) is 7.72. The number of nitrogens with one attached hydrogen (secondary N) is 1. The third kappa shape index (κ3) is 3.01. The van der Waals surface area contributed by atoms with Crippen LogP contribution < -0.4 is 14.2 Å². The van der Waals surface area contributed by atoms with E-state index in [2.05, 4.69) is 4.98 Å². The second kappa shape index (κ2) is 7.49. The van der Waals surface area contributed by atoms with Crippen LogP contribution in [0, 0.1) is 6.92 Å². The lowest BCUT2D eigenvalue weighted by atomic mass is 10.0. The molecule has 0 saturated heterocycles. The van der Waals surface area contributed by atoms with Crippen LogP contribution in [0.3, 0.4) is 0 Å². The molecule has 0 aliphatic heterocycles. The standard InChI is InChI=1S/C17H20ClNO5/c1-6-24-17(20)14-13(18)12(9(2)19-14)10-7-8-11(21-3)16(23-5)15(10)22-4/h7-8,19H,6H2,1-5H3. The molecule has 0 fully saturated rings. The molecule has 24 heavy (non-hydrogen) atoms. The summed E-state index contributed by atoms with van der Waals surface area (Å²) in [5, 5.41) is 0.275. The lowest BCUT2D eigenvalue weighted by molar-refractivity contribution is 0.0520. The van der Waals surface area contributed by atoms with Crippen molar-refractivity contribution in [1.82, 2.24) is 4.98 Å². The molecule has 0 atom stereocenters. The van der Waals surface area contributed by atoms with Gasteiger partial charge < -0.3 is 23.9 Å². The van der Waals surface area contributed by atoms with Crippen LogP contribution in [0.15, 0.2) is 12.1 Å². The number of esters is 1. The van der Waals surface area contributed by atoms with Crippen LogP contribution in [-0.4, -0.2) is 38.9 Å². The quantitative estimate of drug-likeness (QED) is 0.799. The highest BCUT2D eigenvalue weighted by Gasteiger charge is 2.25. The van der Waals surface area contributed by atoms with E-state index in [1.807, 2.05) is 6.92 Å². The Bertz CT molecular complexity index is 754. The van der Waals surface area contributed by atoms with E-state index in [1.54, 1.807) is 26.2 Å². The Morgan fingerprint density at radius 1 is 1.12 bits per heavy atom. The van der Waals surface area contributed by atoms with Gasteiger partial charge in [0.1, 0.15) is 5.69 Å². The fourth-order valence-corrected chi connectivity index (χ4v) is 2.92. The first-order valence-electron chi connectivity index (χ1n) is 7.34. The Morgan fingerprint density at radius 3 is 2.33 bits per heavy atom. The molecule has 0 bridgehead atoms. The van der Waals surface area contributed by atoms with Crippen molar-refractivity contribution in [3.05, 3.63) is 28.5 Å². The molecule has 1 N–H and O–H groups in total. The van der Waals surface area contributed by atoms with Gasteiger partial charge in [-0.2, -0.15) is 0 Å². The number of carbonyl (C=O) groups is 1. The molecule has 0 amide bonds. The van der Waals surface area contributed by atoms with Gasteiger partial charge in [0.05, 0.1) is 33.0 Å². The van der Waals surface area contributed by atoms with Gasteiger partial charge in [0.15, 0.2) is 11.5 Å². The maximum Gasteiger partial charge on any atom is 0.356 e. The molecule has 0 saturated carbocycles. The van der Waals surface area contributed by atoms with E-state index < -0.39 is 5.97 Å². The summed E-state index contributed by atoms with van der Waals surface area (Å²) in [4.78, 5) is 15.0. The average Bonchev–Trinajstić information content (AvgIpc) is 2.88. The van der Waals surface area contributed by atoms with Crippen LogP contribution in [0.25, 0.3) is 11.1 Å². The predicted octanol–water partition coefficient (Wildman–Crippen LogP) is 3.85. The second-order valence-corrected chi connectivity index (χ2v) is 5.29. The number of halogens is 1. The minimum atomic E-state index is -0.503. The smallest absolute Gasteiger partial charge is 0.356 e. The number of carbonyl (C=O) groups excluding carboxylic acids is 1. The molecule has 2 rings (SSSR count). The monoisotopic (exact) mass is 353 g/mol. The number of H-pyrrole nitrogens is 1. The SMILES string of the molecule is CCOC(=O)c1[nH]c(C)c(-c2ccc(OC)c(OC)c2OC)c1Cl.